The third-order valence-electron chi connectivity index (χ3n) is 3.78. The Morgan fingerprint density at radius 3 is 2.72 bits per heavy atom. The summed E-state index contributed by atoms with van der Waals surface area (Å²) in [6.07, 6.45) is 0.692. The molecule has 0 bridgehead atoms. The molecule has 0 N–H and O–H groups in total. The van der Waals surface area contributed by atoms with Gasteiger partial charge >= 0.3 is 0 Å². The van der Waals surface area contributed by atoms with Crippen LogP contribution in [0, 0.1) is 5.41 Å². The van der Waals surface area contributed by atoms with Crippen LogP contribution in [0.4, 0.5) is 0 Å². The molecule has 0 aliphatic heterocycles. The second-order valence-electron chi connectivity index (χ2n) is 6.82. The predicted molar refractivity (Wildman–Crippen MR) is 103 cm³/mol. The minimum absolute atomic E-state index is 0.112. The second kappa shape index (κ2) is 8.34. The van der Waals surface area contributed by atoms with Gasteiger partial charge in [0, 0.05) is 30.7 Å². The summed E-state index contributed by atoms with van der Waals surface area (Å²) in [6, 6.07) is 5.05. The average molecular weight is 383 g/mol. The first-order valence-electron chi connectivity index (χ1n) is 8.09. The van der Waals surface area contributed by atoms with E-state index in [0.29, 0.717) is 40.7 Å². The number of hydrogen-bond donors (Lipinski definition) is 0. The van der Waals surface area contributed by atoms with Gasteiger partial charge in [-0.15, -0.1) is 0 Å². The van der Waals surface area contributed by atoms with Crippen LogP contribution in [0.5, 0.6) is 0 Å². The summed E-state index contributed by atoms with van der Waals surface area (Å²) in [5, 5.41) is 1.58. The van der Waals surface area contributed by atoms with E-state index in [1.165, 1.54) is 11.8 Å². The number of methoxy groups -OCH3 is 1. The molecule has 0 saturated heterocycles. The summed E-state index contributed by atoms with van der Waals surface area (Å²) in [6.45, 7) is 6.69. The van der Waals surface area contributed by atoms with Gasteiger partial charge in [-0.2, -0.15) is 0 Å². The van der Waals surface area contributed by atoms with Gasteiger partial charge in [0.1, 0.15) is 5.78 Å². The Kier molecular flexibility index (Phi) is 6.65. The van der Waals surface area contributed by atoms with E-state index >= 15 is 0 Å². The maximum Gasteiger partial charge on any atom is 0.262 e. The molecule has 0 radical (unpaired) electrons. The van der Waals surface area contributed by atoms with Crippen molar-refractivity contribution in [2.75, 3.05) is 19.5 Å². The standard InChI is InChI=1S/C18H23ClN2O3S/c1-18(2,3)15(22)11-25-17-20-14-10-12(19)6-7-13(14)16(23)21(17)8-5-9-24-4/h6-7,10H,5,8-9,11H2,1-4H3. The van der Waals surface area contributed by atoms with E-state index in [1.807, 2.05) is 20.8 Å². The van der Waals surface area contributed by atoms with E-state index in [1.54, 1.807) is 29.9 Å². The highest BCUT2D eigenvalue weighted by molar-refractivity contribution is 7.99. The Morgan fingerprint density at radius 1 is 1.36 bits per heavy atom. The van der Waals surface area contributed by atoms with Gasteiger partial charge in [-0.25, -0.2) is 4.98 Å². The van der Waals surface area contributed by atoms with E-state index in [-0.39, 0.29) is 17.1 Å². The molecule has 7 heteroatoms. The number of carbonyl (C=O) groups excluding carboxylic acids is 1. The number of hydrogen-bond acceptors (Lipinski definition) is 5. The Labute approximate surface area is 156 Å². The first-order valence-corrected chi connectivity index (χ1v) is 9.45. The lowest BCUT2D eigenvalue weighted by Gasteiger charge is -2.17. The van der Waals surface area contributed by atoms with E-state index in [9.17, 15) is 9.59 Å². The van der Waals surface area contributed by atoms with Crippen molar-refractivity contribution in [1.82, 2.24) is 9.55 Å². The van der Waals surface area contributed by atoms with Crippen molar-refractivity contribution < 1.29 is 9.53 Å². The van der Waals surface area contributed by atoms with Crippen LogP contribution in [0.2, 0.25) is 5.02 Å². The highest BCUT2D eigenvalue weighted by Gasteiger charge is 2.22. The molecule has 1 aromatic heterocycles. The van der Waals surface area contributed by atoms with Crippen LogP contribution in [-0.4, -0.2) is 34.8 Å². The van der Waals surface area contributed by atoms with Crippen LogP contribution >= 0.6 is 23.4 Å². The number of ether oxygens (including phenoxy) is 1. The number of carbonyl (C=O) groups is 1. The first kappa shape index (κ1) is 19.9. The molecule has 0 saturated carbocycles. The fourth-order valence-corrected chi connectivity index (χ4v) is 3.55. The number of benzene rings is 1. The molecule has 2 rings (SSSR count). The minimum Gasteiger partial charge on any atom is -0.385 e. The topological polar surface area (TPSA) is 61.2 Å². The van der Waals surface area contributed by atoms with Gasteiger partial charge in [-0.1, -0.05) is 44.1 Å². The molecule has 0 spiro atoms. The summed E-state index contributed by atoms with van der Waals surface area (Å²) in [4.78, 5) is 29.7. The number of fused-ring (bicyclic) bond motifs is 1. The van der Waals surface area contributed by atoms with Gasteiger partial charge in [-0.05, 0) is 24.6 Å². The van der Waals surface area contributed by atoms with Crippen LogP contribution in [0.25, 0.3) is 10.9 Å². The largest absolute Gasteiger partial charge is 0.385 e. The number of aromatic nitrogens is 2. The zero-order chi connectivity index (χ0) is 18.6. The van der Waals surface area contributed by atoms with Gasteiger partial charge in [0.25, 0.3) is 5.56 Å². The molecule has 1 aromatic carbocycles. The SMILES string of the molecule is COCCCn1c(SCC(=O)C(C)(C)C)nc2cc(Cl)ccc2c1=O. The van der Waals surface area contributed by atoms with Gasteiger partial charge in [-0.3, -0.25) is 14.2 Å². The van der Waals surface area contributed by atoms with Gasteiger partial charge < -0.3 is 4.74 Å². The molecule has 136 valence electrons. The first-order chi connectivity index (χ1) is 11.7. The van der Waals surface area contributed by atoms with Crippen LogP contribution in [-0.2, 0) is 16.1 Å². The third kappa shape index (κ3) is 5.06. The molecular formula is C18H23ClN2O3S. The van der Waals surface area contributed by atoms with E-state index < -0.39 is 5.41 Å². The molecule has 0 aliphatic rings. The molecule has 0 fully saturated rings. The fraction of sp³-hybridized carbons (Fsp3) is 0.500. The maximum absolute atomic E-state index is 12.8. The van der Waals surface area contributed by atoms with Crippen molar-refractivity contribution in [1.29, 1.82) is 0 Å². The third-order valence-corrected chi connectivity index (χ3v) is 4.99. The summed E-state index contributed by atoms with van der Waals surface area (Å²) >= 11 is 7.32. The lowest BCUT2D eigenvalue weighted by molar-refractivity contribution is -0.123. The predicted octanol–water partition coefficient (Wildman–Crippen LogP) is 3.79. The molecule has 1 heterocycles. The quantitative estimate of drug-likeness (QED) is 0.414. The van der Waals surface area contributed by atoms with Crippen LogP contribution in [0.1, 0.15) is 27.2 Å². The van der Waals surface area contributed by atoms with Crippen molar-refractivity contribution in [3.63, 3.8) is 0 Å². The number of ketones is 1. The Balaban J connectivity index is 2.41. The molecule has 0 amide bonds. The molecule has 5 nitrogen and oxygen atoms in total. The highest BCUT2D eigenvalue weighted by Crippen LogP contribution is 2.24. The van der Waals surface area contributed by atoms with E-state index in [0.717, 1.165) is 0 Å². The van der Waals surface area contributed by atoms with E-state index in [2.05, 4.69) is 4.98 Å². The van der Waals surface area contributed by atoms with E-state index in [4.69, 9.17) is 16.3 Å². The Morgan fingerprint density at radius 2 is 2.08 bits per heavy atom. The fourth-order valence-electron chi connectivity index (χ4n) is 2.19. The van der Waals surface area contributed by atoms with Crippen LogP contribution < -0.4 is 5.56 Å². The van der Waals surface area contributed by atoms with Crippen LogP contribution in [0.15, 0.2) is 28.2 Å². The van der Waals surface area contributed by atoms with Crippen molar-refractivity contribution in [2.24, 2.45) is 5.41 Å². The number of nitrogens with zero attached hydrogens (tertiary/aromatic N) is 2. The van der Waals surface area contributed by atoms with Crippen molar-refractivity contribution in [2.45, 2.75) is 38.9 Å². The van der Waals surface area contributed by atoms with Gasteiger partial charge in [0.2, 0.25) is 0 Å². The lowest BCUT2D eigenvalue weighted by Crippen LogP contribution is -2.26. The zero-order valence-corrected chi connectivity index (χ0v) is 16.5. The smallest absolute Gasteiger partial charge is 0.262 e. The molecular weight excluding hydrogens is 360 g/mol. The minimum atomic E-state index is -0.422. The second-order valence-corrected chi connectivity index (χ2v) is 8.20. The number of halogens is 1. The normalized spacial score (nSPS) is 11.9. The summed E-state index contributed by atoms with van der Waals surface area (Å²) < 4.78 is 6.70. The van der Waals surface area contributed by atoms with Crippen molar-refractivity contribution in [3.05, 3.63) is 33.6 Å². The van der Waals surface area contributed by atoms with Crippen LogP contribution in [0.3, 0.4) is 0 Å². The molecule has 0 unspecified atom stereocenters. The summed E-state index contributed by atoms with van der Waals surface area (Å²) in [7, 11) is 1.63. The highest BCUT2D eigenvalue weighted by atomic mass is 35.5. The Hall–Kier alpha value is -1.37. The zero-order valence-electron chi connectivity index (χ0n) is 15.0. The average Bonchev–Trinajstić information content (AvgIpc) is 2.53. The number of rotatable bonds is 7. The van der Waals surface area contributed by atoms with Gasteiger partial charge in [0.15, 0.2) is 5.16 Å². The van der Waals surface area contributed by atoms with Crippen molar-refractivity contribution >= 4 is 40.0 Å². The summed E-state index contributed by atoms with van der Waals surface area (Å²) in [5.74, 6) is 0.383. The van der Waals surface area contributed by atoms with Crippen molar-refractivity contribution in [3.8, 4) is 0 Å². The maximum atomic E-state index is 12.8. The number of thioether (sulfide) groups is 1. The molecule has 0 atom stereocenters. The molecule has 25 heavy (non-hydrogen) atoms. The summed E-state index contributed by atoms with van der Waals surface area (Å²) in [5.41, 5.74) is 0.00334. The Bertz CT molecular complexity index is 827. The number of Topliss-reactive ketones (excluding diaryl/α,β-unsaturated/α-hetero) is 1. The molecule has 0 aliphatic carbocycles. The monoisotopic (exact) mass is 382 g/mol. The lowest BCUT2D eigenvalue weighted by atomic mass is 9.92. The molecule has 2 aromatic rings. The van der Waals surface area contributed by atoms with Gasteiger partial charge in [0.05, 0.1) is 16.7 Å².